The van der Waals surface area contributed by atoms with Crippen molar-refractivity contribution in [2.75, 3.05) is 37.6 Å². The molecule has 0 spiro atoms. The van der Waals surface area contributed by atoms with E-state index in [1.807, 2.05) is 17.9 Å². The molecule has 1 saturated heterocycles. The first-order chi connectivity index (χ1) is 13.4. The third-order valence-corrected chi connectivity index (χ3v) is 4.73. The highest BCUT2D eigenvalue weighted by Gasteiger charge is 2.23. The number of aryl methyl sites for hydroxylation is 1. The summed E-state index contributed by atoms with van der Waals surface area (Å²) in [5.74, 6) is -2.00. The molecule has 0 aliphatic carbocycles. The molecule has 2 amide bonds. The summed E-state index contributed by atoms with van der Waals surface area (Å²) in [5.41, 5.74) is 2.06. The number of carbonyl (C=O) groups excluding carboxylic acids is 3. The highest BCUT2D eigenvalue weighted by Crippen LogP contribution is 2.17. The molecule has 0 saturated carbocycles. The highest BCUT2D eigenvalue weighted by atomic mass is 19.1. The maximum absolute atomic E-state index is 13.4. The molecule has 0 unspecified atom stereocenters. The lowest BCUT2D eigenvalue weighted by Crippen LogP contribution is -2.51. The number of piperazine rings is 1. The number of amides is 2. The average molecular weight is 383 g/mol. The van der Waals surface area contributed by atoms with Gasteiger partial charge in [0.25, 0.3) is 5.91 Å². The number of anilines is 1. The number of rotatable bonds is 5. The first-order valence-electron chi connectivity index (χ1n) is 9.11. The second-order valence-corrected chi connectivity index (χ2v) is 6.73. The summed E-state index contributed by atoms with van der Waals surface area (Å²) in [6.07, 6.45) is 0. The van der Waals surface area contributed by atoms with Crippen molar-refractivity contribution in [3.8, 4) is 0 Å². The van der Waals surface area contributed by atoms with Gasteiger partial charge in [0, 0.05) is 37.4 Å². The van der Waals surface area contributed by atoms with Gasteiger partial charge in [-0.2, -0.15) is 0 Å². The molecule has 28 heavy (non-hydrogen) atoms. The topological polar surface area (TPSA) is 69.7 Å². The molecule has 0 radical (unpaired) electrons. The van der Waals surface area contributed by atoms with E-state index < -0.39 is 11.7 Å². The van der Waals surface area contributed by atoms with Crippen LogP contribution in [-0.4, -0.2) is 55.2 Å². The van der Waals surface area contributed by atoms with Crippen LogP contribution >= 0.6 is 0 Å². The third kappa shape index (κ3) is 4.73. The Morgan fingerprint density at radius 3 is 2.32 bits per heavy atom. The summed E-state index contributed by atoms with van der Waals surface area (Å²) in [6, 6.07) is 13.0. The van der Waals surface area contributed by atoms with Crippen LogP contribution < -0.4 is 10.2 Å². The summed E-state index contributed by atoms with van der Waals surface area (Å²) >= 11 is 0. The van der Waals surface area contributed by atoms with Crippen molar-refractivity contribution in [2.24, 2.45) is 0 Å². The second kappa shape index (κ2) is 8.65. The summed E-state index contributed by atoms with van der Waals surface area (Å²) in [6.45, 7) is 3.75. The first kappa shape index (κ1) is 19.5. The quantitative estimate of drug-likeness (QED) is 0.631. The lowest BCUT2D eigenvalue weighted by molar-refractivity contribution is -0.132. The summed E-state index contributed by atoms with van der Waals surface area (Å²) in [5, 5.41) is 2.40. The van der Waals surface area contributed by atoms with Crippen LogP contribution in [-0.2, 0) is 9.59 Å². The van der Waals surface area contributed by atoms with Crippen LogP contribution in [0.25, 0.3) is 0 Å². The number of benzene rings is 2. The van der Waals surface area contributed by atoms with Crippen LogP contribution in [0.15, 0.2) is 48.5 Å². The van der Waals surface area contributed by atoms with E-state index in [0.717, 1.165) is 11.3 Å². The number of hydrogen-bond acceptors (Lipinski definition) is 4. The lowest BCUT2D eigenvalue weighted by Gasteiger charge is -2.36. The van der Waals surface area contributed by atoms with Crippen LogP contribution in [0.4, 0.5) is 10.1 Å². The van der Waals surface area contributed by atoms with E-state index in [0.29, 0.717) is 31.7 Å². The minimum Gasteiger partial charge on any atom is -0.368 e. The molecule has 1 aliphatic heterocycles. The number of hydrogen-bond donors (Lipinski definition) is 1. The van der Waals surface area contributed by atoms with Crippen molar-refractivity contribution >= 4 is 23.3 Å². The van der Waals surface area contributed by atoms with Gasteiger partial charge in [0.2, 0.25) is 11.7 Å². The zero-order chi connectivity index (χ0) is 20.1. The molecule has 0 atom stereocenters. The SMILES string of the molecule is Cc1ccc(C(=O)C(=O)NCC(=O)N2CCN(c3cccc(F)c3)CC2)cc1. The number of nitrogens with zero attached hydrogens (tertiary/aromatic N) is 2. The lowest BCUT2D eigenvalue weighted by atomic mass is 10.1. The maximum atomic E-state index is 13.4. The van der Waals surface area contributed by atoms with Crippen molar-refractivity contribution in [1.29, 1.82) is 0 Å². The van der Waals surface area contributed by atoms with E-state index in [9.17, 15) is 18.8 Å². The van der Waals surface area contributed by atoms with Gasteiger partial charge in [0.05, 0.1) is 6.54 Å². The zero-order valence-electron chi connectivity index (χ0n) is 15.7. The van der Waals surface area contributed by atoms with Gasteiger partial charge in [-0.3, -0.25) is 14.4 Å². The summed E-state index contributed by atoms with van der Waals surface area (Å²) in [7, 11) is 0. The number of ketones is 1. The normalized spacial score (nSPS) is 13.9. The van der Waals surface area contributed by atoms with E-state index in [1.54, 1.807) is 35.2 Å². The Labute approximate surface area is 162 Å². The molecule has 0 bridgehead atoms. The van der Waals surface area contributed by atoms with Crippen molar-refractivity contribution in [3.05, 3.63) is 65.5 Å². The molecule has 2 aromatic rings. The molecule has 0 aromatic heterocycles. The van der Waals surface area contributed by atoms with Gasteiger partial charge in [-0.05, 0) is 25.1 Å². The van der Waals surface area contributed by atoms with Gasteiger partial charge in [0.1, 0.15) is 5.82 Å². The number of halogens is 1. The molecule has 1 heterocycles. The fourth-order valence-electron chi connectivity index (χ4n) is 3.07. The predicted octanol–water partition coefficient (Wildman–Crippen LogP) is 1.78. The van der Waals surface area contributed by atoms with Crippen LogP contribution in [0.2, 0.25) is 0 Å². The molecule has 1 aliphatic rings. The molecule has 2 aromatic carbocycles. The standard InChI is InChI=1S/C21H22FN3O3/c1-15-5-7-16(8-6-15)20(27)21(28)23-14-19(26)25-11-9-24(10-12-25)18-4-2-3-17(22)13-18/h2-8,13H,9-12,14H2,1H3,(H,23,28). The molecule has 6 nitrogen and oxygen atoms in total. The second-order valence-electron chi connectivity index (χ2n) is 6.73. The average Bonchev–Trinajstić information content (AvgIpc) is 2.72. The van der Waals surface area contributed by atoms with Gasteiger partial charge < -0.3 is 15.1 Å². The number of nitrogens with one attached hydrogen (secondary N) is 1. The Balaban J connectivity index is 1.47. The minimum absolute atomic E-state index is 0.226. The highest BCUT2D eigenvalue weighted by molar-refractivity contribution is 6.43. The Hall–Kier alpha value is -3.22. The molecular weight excluding hydrogens is 361 g/mol. The summed E-state index contributed by atoms with van der Waals surface area (Å²) in [4.78, 5) is 40.1. The zero-order valence-corrected chi connectivity index (χ0v) is 15.7. The van der Waals surface area contributed by atoms with Gasteiger partial charge in [0.15, 0.2) is 0 Å². The van der Waals surface area contributed by atoms with E-state index in [2.05, 4.69) is 5.32 Å². The molecule has 3 rings (SSSR count). The number of carbonyl (C=O) groups is 3. The molecule has 1 N–H and O–H groups in total. The van der Waals surface area contributed by atoms with Crippen LogP contribution in [0.1, 0.15) is 15.9 Å². The van der Waals surface area contributed by atoms with Gasteiger partial charge in [-0.15, -0.1) is 0 Å². The van der Waals surface area contributed by atoms with Crippen molar-refractivity contribution < 1.29 is 18.8 Å². The van der Waals surface area contributed by atoms with Crippen molar-refractivity contribution in [1.82, 2.24) is 10.2 Å². The Kier molecular flexibility index (Phi) is 6.03. The minimum atomic E-state index is -0.796. The Morgan fingerprint density at radius 1 is 1.00 bits per heavy atom. The van der Waals surface area contributed by atoms with Gasteiger partial charge in [-0.1, -0.05) is 35.9 Å². The van der Waals surface area contributed by atoms with Gasteiger partial charge >= 0.3 is 0 Å². The van der Waals surface area contributed by atoms with Gasteiger partial charge in [-0.25, -0.2) is 4.39 Å². The summed E-state index contributed by atoms with van der Waals surface area (Å²) < 4.78 is 13.4. The van der Waals surface area contributed by atoms with E-state index >= 15 is 0 Å². The van der Waals surface area contributed by atoms with Crippen LogP contribution in [0.5, 0.6) is 0 Å². The van der Waals surface area contributed by atoms with E-state index in [4.69, 9.17) is 0 Å². The largest absolute Gasteiger partial charge is 0.368 e. The number of Topliss-reactive ketones (excluding diaryl/α,β-unsaturated/α-hetero) is 1. The fraction of sp³-hybridized carbons (Fsp3) is 0.286. The van der Waals surface area contributed by atoms with Crippen LogP contribution in [0, 0.1) is 12.7 Å². The molecule has 7 heteroatoms. The first-order valence-corrected chi connectivity index (χ1v) is 9.11. The predicted molar refractivity (Wildman–Crippen MR) is 104 cm³/mol. The van der Waals surface area contributed by atoms with Crippen LogP contribution in [0.3, 0.4) is 0 Å². The van der Waals surface area contributed by atoms with Crippen molar-refractivity contribution in [3.63, 3.8) is 0 Å². The maximum Gasteiger partial charge on any atom is 0.292 e. The Bertz CT molecular complexity index is 875. The third-order valence-electron chi connectivity index (χ3n) is 4.73. The Morgan fingerprint density at radius 2 is 1.68 bits per heavy atom. The monoisotopic (exact) mass is 383 g/mol. The smallest absolute Gasteiger partial charge is 0.292 e. The molecule has 146 valence electrons. The van der Waals surface area contributed by atoms with E-state index in [-0.39, 0.29) is 18.3 Å². The van der Waals surface area contributed by atoms with E-state index in [1.165, 1.54) is 12.1 Å². The van der Waals surface area contributed by atoms with Crippen molar-refractivity contribution in [2.45, 2.75) is 6.92 Å². The fourth-order valence-corrected chi connectivity index (χ4v) is 3.07. The molecular formula is C21H22FN3O3. The molecule has 1 fully saturated rings.